The van der Waals surface area contributed by atoms with Crippen LogP contribution in [0.3, 0.4) is 0 Å². The van der Waals surface area contributed by atoms with E-state index in [2.05, 4.69) is 38.5 Å². The number of aromatic nitrogens is 3. The summed E-state index contributed by atoms with van der Waals surface area (Å²) < 4.78 is 13.2. The van der Waals surface area contributed by atoms with Gasteiger partial charge in [-0.1, -0.05) is 18.2 Å². The minimum atomic E-state index is -0.264. The molecular weight excluding hydrogens is 351 g/mol. The average molecular weight is 370 g/mol. The van der Waals surface area contributed by atoms with E-state index in [1.807, 2.05) is 30.6 Å². The normalized spacial score (nSPS) is 10.8. The zero-order chi connectivity index (χ0) is 19.2. The number of pyridine rings is 3. The molecule has 1 N–H and O–H groups in total. The van der Waals surface area contributed by atoms with Crippen LogP contribution in [0.25, 0.3) is 0 Å². The molecule has 0 aliphatic heterocycles. The first-order chi connectivity index (χ1) is 13.8. The minimum Gasteiger partial charge on any atom is -0.340 e. The van der Waals surface area contributed by atoms with Gasteiger partial charge in [0.25, 0.3) is 0 Å². The first-order valence-electron chi connectivity index (χ1n) is 9.06. The summed E-state index contributed by atoms with van der Waals surface area (Å²) in [6.07, 6.45) is 9.81. The van der Waals surface area contributed by atoms with Gasteiger partial charge in [-0.25, -0.2) is 9.37 Å². The van der Waals surface area contributed by atoms with Crippen LogP contribution in [0, 0.1) is 5.82 Å². The maximum Gasteiger partial charge on any atom is 0.133 e. The van der Waals surface area contributed by atoms with Crippen molar-refractivity contribution in [3.8, 4) is 0 Å². The van der Waals surface area contributed by atoms with Gasteiger partial charge in [0, 0.05) is 42.6 Å². The van der Waals surface area contributed by atoms with Gasteiger partial charge in [-0.05, 0) is 65.6 Å². The van der Waals surface area contributed by atoms with Crippen molar-refractivity contribution in [2.45, 2.75) is 12.3 Å². The number of nitrogens with one attached hydrogen (secondary N) is 1. The summed E-state index contributed by atoms with van der Waals surface area (Å²) in [5, 5.41) is 3.30. The molecule has 0 fully saturated rings. The molecule has 0 unspecified atom stereocenters. The lowest BCUT2D eigenvalue weighted by molar-refractivity contribution is 0.628. The molecule has 1 aromatic carbocycles. The first-order valence-corrected chi connectivity index (χ1v) is 9.06. The Morgan fingerprint density at radius 1 is 0.786 bits per heavy atom. The highest BCUT2D eigenvalue weighted by molar-refractivity contribution is 5.59. The number of nitrogens with zero attached hydrogens (tertiary/aromatic N) is 3. The highest BCUT2D eigenvalue weighted by Crippen LogP contribution is 2.30. The van der Waals surface area contributed by atoms with Crippen molar-refractivity contribution in [2.24, 2.45) is 0 Å². The quantitative estimate of drug-likeness (QED) is 0.511. The molecule has 0 saturated carbocycles. The Hall–Kier alpha value is -3.60. The van der Waals surface area contributed by atoms with Crippen molar-refractivity contribution in [3.05, 3.63) is 114 Å². The van der Waals surface area contributed by atoms with Crippen LogP contribution in [0.5, 0.6) is 0 Å². The number of hydrogen-bond donors (Lipinski definition) is 1. The van der Waals surface area contributed by atoms with E-state index < -0.39 is 0 Å². The summed E-state index contributed by atoms with van der Waals surface area (Å²) in [4.78, 5) is 13.1. The smallest absolute Gasteiger partial charge is 0.133 e. The lowest BCUT2D eigenvalue weighted by Crippen LogP contribution is -2.08. The maximum absolute atomic E-state index is 13.2. The standard InChI is InChI=1S/C23H19FN4/c24-20-7-9-21(10-8-20)28-23-17(4-3-13-27-23)14-22(18-5-1-11-25-15-18)19-6-2-12-26-16-19/h1-13,15-16,22H,14H2,(H,27,28). The molecule has 5 heteroatoms. The highest BCUT2D eigenvalue weighted by atomic mass is 19.1. The van der Waals surface area contributed by atoms with Gasteiger partial charge in [0.1, 0.15) is 11.6 Å². The van der Waals surface area contributed by atoms with Crippen molar-refractivity contribution in [1.29, 1.82) is 0 Å². The molecule has 0 atom stereocenters. The Kier molecular flexibility index (Phi) is 5.33. The molecule has 0 aliphatic rings. The van der Waals surface area contributed by atoms with Crippen LogP contribution >= 0.6 is 0 Å². The van der Waals surface area contributed by atoms with Crippen LogP contribution in [0.15, 0.2) is 91.6 Å². The zero-order valence-electron chi connectivity index (χ0n) is 15.2. The molecule has 0 radical (unpaired) electrons. The predicted molar refractivity (Wildman–Crippen MR) is 108 cm³/mol. The van der Waals surface area contributed by atoms with Crippen molar-refractivity contribution in [3.63, 3.8) is 0 Å². The summed E-state index contributed by atoms with van der Waals surface area (Å²) in [5.74, 6) is 0.590. The van der Waals surface area contributed by atoms with Crippen molar-refractivity contribution in [2.75, 3.05) is 5.32 Å². The fraction of sp³-hybridized carbons (Fsp3) is 0.0870. The van der Waals surface area contributed by atoms with Gasteiger partial charge >= 0.3 is 0 Å². The second-order valence-corrected chi connectivity index (χ2v) is 6.47. The van der Waals surface area contributed by atoms with Crippen LogP contribution in [0.2, 0.25) is 0 Å². The van der Waals surface area contributed by atoms with E-state index in [1.165, 1.54) is 12.1 Å². The zero-order valence-corrected chi connectivity index (χ0v) is 15.2. The van der Waals surface area contributed by atoms with Crippen molar-refractivity contribution >= 4 is 11.5 Å². The molecule has 0 spiro atoms. The van der Waals surface area contributed by atoms with E-state index in [-0.39, 0.29) is 11.7 Å². The number of benzene rings is 1. The van der Waals surface area contributed by atoms with E-state index in [0.29, 0.717) is 0 Å². The molecule has 3 heterocycles. The van der Waals surface area contributed by atoms with E-state index in [0.717, 1.165) is 34.6 Å². The van der Waals surface area contributed by atoms with Crippen LogP contribution in [0.4, 0.5) is 15.9 Å². The predicted octanol–water partition coefficient (Wildman–Crippen LogP) is 5.13. The van der Waals surface area contributed by atoms with Gasteiger partial charge in [-0.15, -0.1) is 0 Å². The number of hydrogen-bond acceptors (Lipinski definition) is 4. The molecule has 3 aromatic heterocycles. The number of halogens is 1. The summed E-state index contributed by atoms with van der Waals surface area (Å²) in [5.41, 5.74) is 4.09. The SMILES string of the molecule is Fc1ccc(Nc2ncccc2CC(c2cccnc2)c2cccnc2)cc1. The van der Waals surface area contributed by atoms with Crippen molar-refractivity contribution < 1.29 is 4.39 Å². The largest absolute Gasteiger partial charge is 0.340 e. The number of rotatable bonds is 6. The van der Waals surface area contributed by atoms with Gasteiger partial charge in [0.15, 0.2) is 0 Å². The fourth-order valence-electron chi connectivity index (χ4n) is 3.20. The summed E-state index contributed by atoms with van der Waals surface area (Å²) in [7, 11) is 0. The van der Waals surface area contributed by atoms with E-state index in [1.54, 1.807) is 30.7 Å². The maximum atomic E-state index is 13.2. The molecule has 4 rings (SSSR count). The summed E-state index contributed by atoms with van der Waals surface area (Å²) in [6, 6.07) is 18.3. The third-order valence-corrected chi connectivity index (χ3v) is 4.60. The molecular formula is C23H19FN4. The second kappa shape index (κ2) is 8.39. The Morgan fingerprint density at radius 2 is 1.43 bits per heavy atom. The Labute approximate surface area is 163 Å². The van der Waals surface area contributed by atoms with Gasteiger partial charge in [-0.2, -0.15) is 0 Å². The van der Waals surface area contributed by atoms with E-state index >= 15 is 0 Å². The Bertz CT molecular complexity index is 982. The number of anilines is 2. The van der Waals surface area contributed by atoms with Gasteiger partial charge in [-0.3, -0.25) is 9.97 Å². The topological polar surface area (TPSA) is 50.7 Å². The third-order valence-electron chi connectivity index (χ3n) is 4.60. The molecule has 0 saturated heterocycles. The summed E-state index contributed by atoms with van der Waals surface area (Å²) in [6.45, 7) is 0. The Balaban J connectivity index is 1.67. The van der Waals surface area contributed by atoms with Gasteiger partial charge < -0.3 is 5.32 Å². The molecule has 28 heavy (non-hydrogen) atoms. The van der Waals surface area contributed by atoms with Crippen LogP contribution in [-0.2, 0) is 6.42 Å². The fourth-order valence-corrected chi connectivity index (χ4v) is 3.20. The second-order valence-electron chi connectivity index (χ2n) is 6.47. The average Bonchev–Trinajstić information content (AvgIpc) is 2.76. The van der Waals surface area contributed by atoms with E-state index in [9.17, 15) is 4.39 Å². The van der Waals surface area contributed by atoms with Crippen LogP contribution in [-0.4, -0.2) is 15.0 Å². The first kappa shape index (κ1) is 17.8. The molecule has 0 aliphatic carbocycles. The Morgan fingerprint density at radius 3 is 2.04 bits per heavy atom. The highest BCUT2D eigenvalue weighted by Gasteiger charge is 2.18. The van der Waals surface area contributed by atoms with Crippen LogP contribution < -0.4 is 5.32 Å². The van der Waals surface area contributed by atoms with Crippen LogP contribution in [0.1, 0.15) is 22.6 Å². The molecule has 4 aromatic rings. The van der Waals surface area contributed by atoms with Gasteiger partial charge in [0.05, 0.1) is 0 Å². The lowest BCUT2D eigenvalue weighted by Gasteiger charge is -2.19. The van der Waals surface area contributed by atoms with E-state index in [4.69, 9.17) is 0 Å². The third kappa shape index (κ3) is 4.20. The lowest BCUT2D eigenvalue weighted by atomic mass is 9.87. The molecule has 4 nitrogen and oxygen atoms in total. The molecule has 138 valence electrons. The summed E-state index contributed by atoms with van der Waals surface area (Å²) >= 11 is 0. The monoisotopic (exact) mass is 370 g/mol. The minimum absolute atomic E-state index is 0.0976. The molecule has 0 bridgehead atoms. The molecule has 0 amide bonds. The van der Waals surface area contributed by atoms with Crippen molar-refractivity contribution in [1.82, 2.24) is 15.0 Å². The van der Waals surface area contributed by atoms with Gasteiger partial charge in [0.2, 0.25) is 0 Å².